The summed E-state index contributed by atoms with van der Waals surface area (Å²) in [6, 6.07) is 6.02. The van der Waals surface area contributed by atoms with E-state index in [4.69, 9.17) is 15.2 Å². The molecule has 3 heteroatoms. The van der Waals surface area contributed by atoms with Crippen LogP contribution in [0.5, 0.6) is 5.75 Å². The smallest absolute Gasteiger partial charge is 0.123 e. The van der Waals surface area contributed by atoms with Crippen LogP contribution in [0.4, 0.5) is 0 Å². The van der Waals surface area contributed by atoms with Crippen molar-refractivity contribution in [3.8, 4) is 5.75 Å². The standard InChI is InChI=1S/C14H23NO2/c1-11(2)6-7-17-10-12-4-5-14(16-3)13(8-12)9-15/h4-5,8,11H,6-7,9-10,15H2,1-3H3. The van der Waals surface area contributed by atoms with Crippen LogP contribution in [0, 0.1) is 5.92 Å². The Labute approximate surface area is 104 Å². The highest BCUT2D eigenvalue weighted by Gasteiger charge is 2.03. The molecule has 17 heavy (non-hydrogen) atoms. The SMILES string of the molecule is COc1ccc(COCCC(C)C)cc1CN. The fraction of sp³-hybridized carbons (Fsp3) is 0.571. The molecule has 0 aliphatic rings. The van der Waals surface area contributed by atoms with Gasteiger partial charge in [0.1, 0.15) is 5.75 Å². The zero-order valence-corrected chi connectivity index (χ0v) is 11.0. The zero-order chi connectivity index (χ0) is 12.7. The van der Waals surface area contributed by atoms with Crippen LogP contribution in [-0.2, 0) is 17.9 Å². The van der Waals surface area contributed by atoms with Crippen molar-refractivity contribution in [2.24, 2.45) is 11.7 Å². The van der Waals surface area contributed by atoms with Crippen molar-refractivity contribution < 1.29 is 9.47 Å². The van der Waals surface area contributed by atoms with E-state index in [2.05, 4.69) is 13.8 Å². The summed E-state index contributed by atoms with van der Waals surface area (Å²) in [6.45, 7) is 6.33. The lowest BCUT2D eigenvalue weighted by Gasteiger charge is -2.10. The lowest BCUT2D eigenvalue weighted by Crippen LogP contribution is -2.03. The van der Waals surface area contributed by atoms with Gasteiger partial charge in [0.15, 0.2) is 0 Å². The molecule has 96 valence electrons. The van der Waals surface area contributed by atoms with Gasteiger partial charge in [-0.15, -0.1) is 0 Å². The van der Waals surface area contributed by atoms with E-state index in [9.17, 15) is 0 Å². The number of hydrogen-bond donors (Lipinski definition) is 1. The van der Waals surface area contributed by atoms with Crippen LogP contribution >= 0.6 is 0 Å². The molecule has 0 spiro atoms. The van der Waals surface area contributed by atoms with E-state index in [1.807, 2.05) is 18.2 Å². The molecule has 0 bridgehead atoms. The molecule has 0 radical (unpaired) electrons. The molecular formula is C14H23NO2. The molecule has 0 atom stereocenters. The maximum atomic E-state index is 5.67. The molecule has 0 unspecified atom stereocenters. The average Bonchev–Trinajstić information content (AvgIpc) is 2.34. The lowest BCUT2D eigenvalue weighted by molar-refractivity contribution is 0.110. The van der Waals surface area contributed by atoms with Crippen molar-refractivity contribution in [3.05, 3.63) is 29.3 Å². The van der Waals surface area contributed by atoms with Crippen molar-refractivity contribution in [2.45, 2.75) is 33.4 Å². The number of rotatable bonds is 7. The first-order valence-corrected chi connectivity index (χ1v) is 6.11. The quantitative estimate of drug-likeness (QED) is 0.742. The summed E-state index contributed by atoms with van der Waals surface area (Å²) in [6.07, 6.45) is 1.10. The van der Waals surface area contributed by atoms with Crippen molar-refractivity contribution in [3.63, 3.8) is 0 Å². The van der Waals surface area contributed by atoms with Crippen molar-refractivity contribution >= 4 is 0 Å². The molecule has 0 saturated heterocycles. The Morgan fingerprint density at radius 3 is 2.65 bits per heavy atom. The third-order valence-corrected chi connectivity index (χ3v) is 2.67. The van der Waals surface area contributed by atoms with Crippen molar-refractivity contribution in [1.29, 1.82) is 0 Å². The molecule has 0 amide bonds. The third kappa shape index (κ3) is 4.75. The van der Waals surface area contributed by atoms with Gasteiger partial charge in [-0.25, -0.2) is 0 Å². The van der Waals surface area contributed by atoms with Crippen molar-refractivity contribution in [2.75, 3.05) is 13.7 Å². The van der Waals surface area contributed by atoms with E-state index in [0.717, 1.165) is 29.9 Å². The maximum absolute atomic E-state index is 5.67. The third-order valence-electron chi connectivity index (χ3n) is 2.67. The summed E-state index contributed by atoms with van der Waals surface area (Å²) < 4.78 is 10.8. The van der Waals surface area contributed by atoms with E-state index in [1.54, 1.807) is 7.11 Å². The van der Waals surface area contributed by atoms with Gasteiger partial charge in [-0.1, -0.05) is 19.9 Å². The molecule has 0 aromatic heterocycles. The highest BCUT2D eigenvalue weighted by molar-refractivity contribution is 5.36. The van der Waals surface area contributed by atoms with Crippen LogP contribution in [0.15, 0.2) is 18.2 Å². The Kier molecular flexibility index (Phi) is 6.01. The minimum atomic E-state index is 0.489. The molecule has 1 aromatic rings. The number of benzene rings is 1. The first-order chi connectivity index (χ1) is 8.17. The second kappa shape index (κ2) is 7.30. The van der Waals surface area contributed by atoms with Gasteiger partial charge in [-0.3, -0.25) is 0 Å². The van der Waals surface area contributed by atoms with Gasteiger partial charge >= 0.3 is 0 Å². The lowest BCUT2D eigenvalue weighted by atomic mass is 10.1. The van der Waals surface area contributed by atoms with E-state index >= 15 is 0 Å². The number of hydrogen-bond acceptors (Lipinski definition) is 3. The second-order valence-electron chi connectivity index (χ2n) is 4.59. The average molecular weight is 237 g/mol. The van der Waals surface area contributed by atoms with Crippen LogP contribution < -0.4 is 10.5 Å². The second-order valence-corrected chi connectivity index (χ2v) is 4.59. The normalized spacial score (nSPS) is 10.9. The zero-order valence-electron chi connectivity index (χ0n) is 11.0. The maximum Gasteiger partial charge on any atom is 0.123 e. The molecule has 0 aliphatic heterocycles. The summed E-state index contributed by atoms with van der Waals surface area (Å²) in [4.78, 5) is 0. The minimum absolute atomic E-state index is 0.489. The highest BCUT2D eigenvalue weighted by Crippen LogP contribution is 2.19. The molecule has 1 aromatic carbocycles. The highest BCUT2D eigenvalue weighted by atomic mass is 16.5. The van der Waals surface area contributed by atoms with Crippen LogP contribution in [-0.4, -0.2) is 13.7 Å². The van der Waals surface area contributed by atoms with E-state index in [1.165, 1.54) is 0 Å². The Morgan fingerprint density at radius 2 is 2.06 bits per heavy atom. The van der Waals surface area contributed by atoms with Gasteiger partial charge < -0.3 is 15.2 Å². The van der Waals surface area contributed by atoms with Gasteiger partial charge in [0.25, 0.3) is 0 Å². The van der Waals surface area contributed by atoms with Crippen LogP contribution in [0.25, 0.3) is 0 Å². The first kappa shape index (κ1) is 14.0. The van der Waals surface area contributed by atoms with E-state index in [0.29, 0.717) is 19.1 Å². The van der Waals surface area contributed by atoms with Crippen molar-refractivity contribution in [1.82, 2.24) is 0 Å². The Morgan fingerprint density at radius 1 is 1.29 bits per heavy atom. The van der Waals surface area contributed by atoms with Crippen LogP contribution in [0.2, 0.25) is 0 Å². The predicted molar refractivity (Wildman–Crippen MR) is 70.0 cm³/mol. The van der Waals surface area contributed by atoms with Crippen LogP contribution in [0.3, 0.4) is 0 Å². The summed E-state index contributed by atoms with van der Waals surface area (Å²) >= 11 is 0. The Bertz CT molecular complexity index is 337. The summed E-state index contributed by atoms with van der Waals surface area (Å²) in [7, 11) is 1.66. The summed E-state index contributed by atoms with van der Waals surface area (Å²) in [5.74, 6) is 1.53. The summed E-state index contributed by atoms with van der Waals surface area (Å²) in [5.41, 5.74) is 7.84. The fourth-order valence-electron chi connectivity index (χ4n) is 1.59. The number of nitrogens with two attached hydrogens (primary N) is 1. The van der Waals surface area contributed by atoms with Gasteiger partial charge in [0.2, 0.25) is 0 Å². The molecule has 2 N–H and O–H groups in total. The Hall–Kier alpha value is -1.06. The van der Waals surface area contributed by atoms with E-state index in [-0.39, 0.29) is 0 Å². The molecule has 3 nitrogen and oxygen atoms in total. The summed E-state index contributed by atoms with van der Waals surface area (Å²) in [5, 5.41) is 0. The minimum Gasteiger partial charge on any atom is -0.496 e. The monoisotopic (exact) mass is 237 g/mol. The molecule has 1 rings (SSSR count). The number of methoxy groups -OCH3 is 1. The van der Waals surface area contributed by atoms with Gasteiger partial charge in [-0.2, -0.15) is 0 Å². The van der Waals surface area contributed by atoms with Gasteiger partial charge in [0, 0.05) is 18.7 Å². The Balaban J connectivity index is 2.48. The largest absolute Gasteiger partial charge is 0.496 e. The predicted octanol–water partition coefficient (Wildman–Crippen LogP) is 2.72. The topological polar surface area (TPSA) is 44.5 Å². The van der Waals surface area contributed by atoms with Gasteiger partial charge in [0.05, 0.1) is 13.7 Å². The van der Waals surface area contributed by atoms with Crippen LogP contribution in [0.1, 0.15) is 31.4 Å². The molecular weight excluding hydrogens is 214 g/mol. The molecule has 0 saturated carbocycles. The number of ether oxygens (including phenoxy) is 2. The van der Waals surface area contributed by atoms with E-state index < -0.39 is 0 Å². The fourth-order valence-corrected chi connectivity index (χ4v) is 1.59. The first-order valence-electron chi connectivity index (χ1n) is 6.11. The molecule has 0 fully saturated rings. The molecule has 0 heterocycles. The molecule has 0 aliphatic carbocycles. The van der Waals surface area contributed by atoms with Gasteiger partial charge in [-0.05, 0) is 30.0 Å².